The van der Waals surface area contributed by atoms with Crippen LogP contribution >= 0.6 is 23.4 Å². The first-order valence-corrected chi connectivity index (χ1v) is 8.65. The van der Waals surface area contributed by atoms with Gasteiger partial charge in [-0.2, -0.15) is 0 Å². The van der Waals surface area contributed by atoms with E-state index in [1.165, 1.54) is 11.8 Å². The minimum absolute atomic E-state index is 0.0987. The second kappa shape index (κ2) is 7.51. The SMILES string of the molecule is Cc1ccccc1NC(=O)CSc1n[nH]c(-c2ccccc2Cl)n1. The van der Waals surface area contributed by atoms with E-state index in [2.05, 4.69) is 20.5 Å². The molecule has 0 aliphatic rings. The maximum Gasteiger partial charge on any atom is 0.234 e. The molecule has 0 aliphatic heterocycles. The third-order valence-corrected chi connectivity index (χ3v) is 4.52. The smallest absolute Gasteiger partial charge is 0.234 e. The van der Waals surface area contributed by atoms with Crippen molar-refractivity contribution in [3.8, 4) is 11.4 Å². The fourth-order valence-electron chi connectivity index (χ4n) is 2.11. The second-order valence-electron chi connectivity index (χ2n) is 5.10. The number of amides is 1. The van der Waals surface area contributed by atoms with Gasteiger partial charge in [-0.15, -0.1) is 5.10 Å². The van der Waals surface area contributed by atoms with Crippen LogP contribution in [0.3, 0.4) is 0 Å². The van der Waals surface area contributed by atoms with Gasteiger partial charge in [-0.05, 0) is 30.7 Å². The normalized spacial score (nSPS) is 10.6. The summed E-state index contributed by atoms with van der Waals surface area (Å²) in [4.78, 5) is 16.4. The molecular formula is C17H15ClN4OS. The van der Waals surface area contributed by atoms with Crippen molar-refractivity contribution >= 4 is 35.0 Å². The molecule has 0 spiro atoms. The summed E-state index contributed by atoms with van der Waals surface area (Å²) in [6, 6.07) is 15.0. The zero-order chi connectivity index (χ0) is 16.9. The first kappa shape index (κ1) is 16.5. The van der Waals surface area contributed by atoms with Crippen LogP contribution in [0.2, 0.25) is 5.02 Å². The topological polar surface area (TPSA) is 70.7 Å². The standard InChI is InChI=1S/C17H15ClN4OS/c1-11-6-2-5-9-14(11)19-15(23)10-24-17-20-16(21-22-17)12-7-3-4-8-13(12)18/h2-9H,10H2,1H3,(H,19,23)(H,20,21,22). The van der Waals surface area contributed by atoms with E-state index >= 15 is 0 Å². The summed E-state index contributed by atoms with van der Waals surface area (Å²) in [6.45, 7) is 1.95. The lowest BCUT2D eigenvalue weighted by Crippen LogP contribution is -2.14. The van der Waals surface area contributed by atoms with Gasteiger partial charge < -0.3 is 5.32 Å². The monoisotopic (exact) mass is 358 g/mol. The minimum atomic E-state index is -0.0987. The van der Waals surface area contributed by atoms with E-state index in [0.717, 1.165) is 16.8 Å². The summed E-state index contributed by atoms with van der Waals surface area (Å²) < 4.78 is 0. The average Bonchev–Trinajstić information content (AvgIpc) is 3.04. The maximum atomic E-state index is 12.1. The number of nitrogens with one attached hydrogen (secondary N) is 2. The van der Waals surface area contributed by atoms with Crippen LogP contribution in [0, 0.1) is 6.92 Å². The molecule has 7 heteroatoms. The number of benzene rings is 2. The molecule has 3 rings (SSSR count). The van der Waals surface area contributed by atoms with Gasteiger partial charge in [-0.3, -0.25) is 9.89 Å². The average molecular weight is 359 g/mol. The van der Waals surface area contributed by atoms with Gasteiger partial charge in [0.15, 0.2) is 5.82 Å². The Morgan fingerprint density at radius 2 is 1.96 bits per heavy atom. The van der Waals surface area contributed by atoms with Crippen molar-refractivity contribution in [3.63, 3.8) is 0 Å². The number of aromatic amines is 1. The Kier molecular flexibility index (Phi) is 5.17. The Labute approximate surface area is 148 Å². The molecule has 122 valence electrons. The lowest BCUT2D eigenvalue weighted by molar-refractivity contribution is -0.113. The minimum Gasteiger partial charge on any atom is -0.325 e. The molecule has 1 aromatic heterocycles. The van der Waals surface area contributed by atoms with Crippen LogP contribution in [-0.2, 0) is 4.79 Å². The van der Waals surface area contributed by atoms with Crippen molar-refractivity contribution in [2.24, 2.45) is 0 Å². The van der Waals surface area contributed by atoms with Gasteiger partial charge in [0.05, 0.1) is 10.8 Å². The van der Waals surface area contributed by atoms with Gasteiger partial charge in [-0.25, -0.2) is 4.98 Å². The van der Waals surface area contributed by atoms with Crippen LogP contribution in [0.5, 0.6) is 0 Å². The molecule has 0 atom stereocenters. The van der Waals surface area contributed by atoms with Crippen molar-refractivity contribution in [2.75, 3.05) is 11.1 Å². The number of aryl methyl sites for hydroxylation is 1. The van der Waals surface area contributed by atoms with Crippen molar-refractivity contribution in [1.29, 1.82) is 0 Å². The number of para-hydroxylation sites is 1. The Balaban J connectivity index is 1.61. The third-order valence-electron chi connectivity index (χ3n) is 3.35. The van der Waals surface area contributed by atoms with Gasteiger partial charge in [-0.1, -0.05) is 53.7 Å². The lowest BCUT2D eigenvalue weighted by Gasteiger charge is -2.06. The molecule has 5 nitrogen and oxygen atoms in total. The fourth-order valence-corrected chi connectivity index (χ4v) is 2.94. The zero-order valence-electron chi connectivity index (χ0n) is 12.9. The van der Waals surface area contributed by atoms with Crippen LogP contribution in [0.1, 0.15) is 5.56 Å². The number of H-pyrrole nitrogens is 1. The summed E-state index contributed by atoms with van der Waals surface area (Å²) in [5.74, 6) is 0.717. The number of carbonyl (C=O) groups is 1. The molecule has 0 unspecified atom stereocenters. The van der Waals surface area contributed by atoms with Crippen molar-refractivity contribution in [3.05, 3.63) is 59.1 Å². The van der Waals surface area contributed by atoms with Crippen LogP contribution in [0.4, 0.5) is 5.69 Å². The number of hydrogen-bond acceptors (Lipinski definition) is 4. The van der Waals surface area contributed by atoms with Gasteiger partial charge >= 0.3 is 0 Å². The summed E-state index contributed by atoms with van der Waals surface area (Å²) in [5.41, 5.74) is 2.62. The maximum absolute atomic E-state index is 12.1. The number of halogens is 1. The van der Waals surface area contributed by atoms with E-state index in [1.54, 1.807) is 6.07 Å². The van der Waals surface area contributed by atoms with Crippen LogP contribution < -0.4 is 5.32 Å². The number of anilines is 1. The molecule has 1 amide bonds. The Bertz CT molecular complexity index is 865. The molecular weight excluding hydrogens is 344 g/mol. The van der Waals surface area contributed by atoms with Crippen molar-refractivity contribution < 1.29 is 4.79 Å². The molecule has 0 fully saturated rings. The quantitative estimate of drug-likeness (QED) is 0.672. The predicted molar refractivity (Wildman–Crippen MR) is 97.4 cm³/mol. The zero-order valence-corrected chi connectivity index (χ0v) is 14.5. The summed E-state index contributed by atoms with van der Waals surface area (Å²) in [5, 5.41) is 11.0. The number of hydrogen-bond donors (Lipinski definition) is 2. The molecule has 1 heterocycles. The van der Waals surface area contributed by atoms with Gasteiger partial charge in [0, 0.05) is 11.3 Å². The molecule has 2 aromatic carbocycles. The summed E-state index contributed by atoms with van der Waals surface area (Å²) >= 11 is 7.41. The highest BCUT2D eigenvalue weighted by Crippen LogP contribution is 2.26. The number of nitrogens with zero attached hydrogens (tertiary/aromatic N) is 2. The number of aromatic nitrogens is 3. The first-order valence-electron chi connectivity index (χ1n) is 7.29. The summed E-state index contributed by atoms with van der Waals surface area (Å²) in [6.07, 6.45) is 0. The number of thioether (sulfide) groups is 1. The van der Waals surface area contributed by atoms with Gasteiger partial charge in [0.25, 0.3) is 0 Å². The second-order valence-corrected chi connectivity index (χ2v) is 6.45. The Morgan fingerprint density at radius 3 is 2.75 bits per heavy atom. The highest BCUT2D eigenvalue weighted by atomic mass is 35.5. The van der Waals surface area contributed by atoms with E-state index in [9.17, 15) is 4.79 Å². The van der Waals surface area contributed by atoms with E-state index in [4.69, 9.17) is 11.6 Å². The molecule has 0 saturated carbocycles. The number of carbonyl (C=O) groups excluding carboxylic acids is 1. The van der Waals surface area contributed by atoms with Crippen LogP contribution in [0.25, 0.3) is 11.4 Å². The first-order chi connectivity index (χ1) is 11.6. The summed E-state index contributed by atoms with van der Waals surface area (Å²) in [7, 11) is 0. The molecule has 0 bridgehead atoms. The van der Waals surface area contributed by atoms with E-state index in [0.29, 0.717) is 16.0 Å². The van der Waals surface area contributed by atoms with E-state index in [-0.39, 0.29) is 11.7 Å². The molecule has 0 radical (unpaired) electrons. The highest BCUT2D eigenvalue weighted by molar-refractivity contribution is 7.99. The van der Waals surface area contributed by atoms with Gasteiger partial charge in [0.2, 0.25) is 11.1 Å². The molecule has 0 saturated heterocycles. The predicted octanol–water partition coefficient (Wildman–Crippen LogP) is 4.16. The Hall–Kier alpha value is -2.31. The van der Waals surface area contributed by atoms with Crippen molar-refractivity contribution in [2.45, 2.75) is 12.1 Å². The number of rotatable bonds is 5. The lowest BCUT2D eigenvalue weighted by atomic mass is 10.2. The third kappa shape index (κ3) is 3.96. The van der Waals surface area contributed by atoms with E-state index < -0.39 is 0 Å². The largest absolute Gasteiger partial charge is 0.325 e. The fraction of sp³-hybridized carbons (Fsp3) is 0.118. The van der Waals surface area contributed by atoms with Crippen molar-refractivity contribution in [1.82, 2.24) is 15.2 Å². The molecule has 0 aliphatic carbocycles. The molecule has 24 heavy (non-hydrogen) atoms. The van der Waals surface area contributed by atoms with Crippen LogP contribution in [0.15, 0.2) is 53.7 Å². The molecule has 3 aromatic rings. The van der Waals surface area contributed by atoms with Gasteiger partial charge in [0.1, 0.15) is 0 Å². The Morgan fingerprint density at radius 1 is 1.21 bits per heavy atom. The van der Waals surface area contributed by atoms with E-state index in [1.807, 2.05) is 49.4 Å². The highest BCUT2D eigenvalue weighted by Gasteiger charge is 2.11. The van der Waals surface area contributed by atoms with Crippen LogP contribution in [-0.4, -0.2) is 26.8 Å². The molecule has 2 N–H and O–H groups in total.